The summed E-state index contributed by atoms with van der Waals surface area (Å²) in [6.07, 6.45) is 7.06. The predicted octanol–water partition coefficient (Wildman–Crippen LogP) is 2.97. The first-order valence-corrected chi connectivity index (χ1v) is 7.57. The van der Waals surface area contributed by atoms with E-state index in [-0.39, 0.29) is 6.61 Å². The lowest BCUT2D eigenvalue weighted by atomic mass is 10.3. The Balaban J connectivity index is 2.06. The fourth-order valence-corrected chi connectivity index (χ4v) is 2.44. The molecule has 2 aromatic heterocycles. The highest BCUT2D eigenvalue weighted by atomic mass is 35.5. The van der Waals surface area contributed by atoms with E-state index in [4.69, 9.17) is 16.7 Å². The Morgan fingerprint density at radius 3 is 2.80 bits per heavy atom. The van der Waals surface area contributed by atoms with Gasteiger partial charge in [0.1, 0.15) is 5.65 Å². The summed E-state index contributed by atoms with van der Waals surface area (Å²) in [5.41, 5.74) is 1.96. The third-order valence-electron chi connectivity index (χ3n) is 3.31. The van der Waals surface area contributed by atoms with Gasteiger partial charge in [-0.25, -0.2) is 4.98 Å². The molecule has 0 saturated heterocycles. The molecule has 2 heterocycles. The molecule has 0 aliphatic rings. The van der Waals surface area contributed by atoms with Gasteiger partial charge in [-0.05, 0) is 31.5 Å². The average Bonchev–Trinajstić information content (AvgIpc) is 2.83. The van der Waals surface area contributed by atoms with Crippen molar-refractivity contribution in [2.45, 2.75) is 32.7 Å². The zero-order valence-corrected chi connectivity index (χ0v) is 12.7. The zero-order chi connectivity index (χ0) is 14.4. The van der Waals surface area contributed by atoms with Crippen LogP contribution in [0.15, 0.2) is 24.5 Å². The lowest BCUT2D eigenvalue weighted by molar-refractivity contribution is 0.215. The number of aliphatic hydroxyl groups excluding tert-OH is 1. The molecule has 110 valence electrons. The average molecular weight is 296 g/mol. The first kappa shape index (κ1) is 15.3. The van der Waals surface area contributed by atoms with Gasteiger partial charge in [-0.15, -0.1) is 0 Å². The number of fused-ring (bicyclic) bond motifs is 1. The van der Waals surface area contributed by atoms with Crippen LogP contribution in [0.5, 0.6) is 0 Å². The topological polar surface area (TPSA) is 40.8 Å². The SMILES string of the molecule is CCCCN(CCCO)Cc1cn2cc(Cl)ccc2n1. The van der Waals surface area contributed by atoms with Crippen molar-refractivity contribution in [2.24, 2.45) is 0 Å². The van der Waals surface area contributed by atoms with E-state index >= 15 is 0 Å². The monoisotopic (exact) mass is 295 g/mol. The summed E-state index contributed by atoms with van der Waals surface area (Å²) in [6.45, 7) is 5.20. The minimum Gasteiger partial charge on any atom is -0.396 e. The zero-order valence-electron chi connectivity index (χ0n) is 11.9. The Labute approximate surface area is 125 Å². The highest BCUT2D eigenvalue weighted by molar-refractivity contribution is 6.30. The number of aromatic nitrogens is 2. The Kier molecular flexibility index (Phi) is 5.83. The van der Waals surface area contributed by atoms with Crippen molar-refractivity contribution >= 4 is 17.2 Å². The highest BCUT2D eigenvalue weighted by Crippen LogP contribution is 2.13. The van der Waals surface area contributed by atoms with Crippen LogP contribution in [0.1, 0.15) is 31.9 Å². The largest absolute Gasteiger partial charge is 0.396 e. The summed E-state index contributed by atoms with van der Waals surface area (Å²) in [6, 6.07) is 3.78. The van der Waals surface area contributed by atoms with E-state index in [0.717, 1.165) is 37.4 Å². The molecule has 0 aliphatic heterocycles. The fourth-order valence-electron chi connectivity index (χ4n) is 2.27. The van der Waals surface area contributed by atoms with Gasteiger partial charge >= 0.3 is 0 Å². The van der Waals surface area contributed by atoms with Crippen molar-refractivity contribution in [1.29, 1.82) is 0 Å². The number of aliphatic hydroxyl groups is 1. The van der Waals surface area contributed by atoms with Crippen LogP contribution in [-0.2, 0) is 6.54 Å². The molecule has 0 saturated carbocycles. The standard InChI is InChI=1S/C15H22ClN3O/c1-2-3-7-18(8-4-9-20)11-14-12-19-10-13(16)5-6-15(19)17-14/h5-6,10,12,20H,2-4,7-9,11H2,1H3. The molecule has 0 fully saturated rings. The number of nitrogens with zero attached hydrogens (tertiary/aromatic N) is 3. The van der Waals surface area contributed by atoms with Crippen LogP contribution in [0.2, 0.25) is 5.02 Å². The number of imidazole rings is 1. The summed E-state index contributed by atoms with van der Waals surface area (Å²) in [5.74, 6) is 0. The summed E-state index contributed by atoms with van der Waals surface area (Å²) >= 11 is 5.98. The van der Waals surface area contributed by atoms with E-state index in [1.165, 1.54) is 12.8 Å². The summed E-state index contributed by atoms with van der Waals surface area (Å²) < 4.78 is 1.96. The maximum Gasteiger partial charge on any atom is 0.137 e. The van der Waals surface area contributed by atoms with Crippen molar-refractivity contribution in [2.75, 3.05) is 19.7 Å². The highest BCUT2D eigenvalue weighted by Gasteiger charge is 2.08. The minimum atomic E-state index is 0.239. The van der Waals surface area contributed by atoms with Crippen LogP contribution in [0.3, 0.4) is 0 Å². The number of hydrogen-bond donors (Lipinski definition) is 1. The molecule has 1 N–H and O–H groups in total. The van der Waals surface area contributed by atoms with Crippen molar-refractivity contribution in [3.05, 3.63) is 35.2 Å². The second-order valence-corrected chi connectivity index (χ2v) is 5.49. The number of hydrogen-bond acceptors (Lipinski definition) is 3. The van der Waals surface area contributed by atoms with Crippen molar-refractivity contribution in [3.63, 3.8) is 0 Å². The smallest absolute Gasteiger partial charge is 0.137 e. The van der Waals surface area contributed by atoms with E-state index in [1.54, 1.807) is 0 Å². The molecule has 5 heteroatoms. The van der Waals surface area contributed by atoms with Crippen LogP contribution in [0.4, 0.5) is 0 Å². The molecule has 0 unspecified atom stereocenters. The molecule has 2 rings (SSSR count). The van der Waals surface area contributed by atoms with Crippen molar-refractivity contribution in [3.8, 4) is 0 Å². The molecular weight excluding hydrogens is 274 g/mol. The molecule has 0 spiro atoms. The second-order valence-electron chi connectivity index (χ2n) is 5.05. The van der Waals surface area contributed by atoms with E-state index in [0.29, 0.717) is 5.02 Å². The first-order chi connectivity index (χ1) is 9.72. The molecule has 4 nitrogen and oxygen atoms in total. The molecular formula is C15H22ClN3O. The second kappa shape index (κ2) is 7.62. The maximum absolute atomic E-state index is 8.99. The fraction of sp³-hybridized carbons (Fsp3) is 0.533. The van der Waals surface area contributed by atoms with Gasteiger partial charge in [0.2, 0.25) is 0 Å². The molecule has 0 amide bonds. The van der Waals surface area contributed by atoms with Gasteiger partial charge in [0, 0.05) is 32.1 Å². The number of rotatable bonds is 8. The number of unbranched alkanes of at least 4 members (excludes halogenated alkanes) is 1. The van der Waals surface area contributed by atoms with E-state index in [9.17, 15) is 0 Å². The Morgan fingerprint density at radius 2 is 2.05 bits per heavy atom. The van der Waals surface area contributed by atoms with Crippen LogP contribution >= 0.6 is 11.6 Å². The van der Waals surface area contributed by atoms with Gasteiger partial charge in [-0.3, -0.25) is 4.90 Å². The molecule has 20 heavy (non-hydrogen) atoms. The van der Waals surface area contributed by atoms with Crippen LogP contribution < -0.4 is 0 Å². The van der Waals surface area contributed by atoms with Crippen molar-refractivity contribution in [1.82, 2.24) is 14.3 Å². The summed E-state index contributed by atoms with van der Waals surface area (Å²) in [4.78, 5) is 6.96. The quantitative estimate of drug-likeness (QED) is 0.814. The van der Waals surface area contributed by atoms with Crippen LogP contribution in [0.25, 0.3) is 5.65 Å². The van der Waals surface area contributed by atoms with Gasteiger partial charge in [0.25, 0.3) is 0 Å². The third-order valence-corrected chi connectivity index (χ3v) is 3.53. The van der Waals surface area contributed by atoms with E-state index in [2.05, 4.69) is 16.8 Å². The Morgan fingerprint density at radius 1 is 1.25 bits per heavy atom. The van der Waals surface area contributed by atoms with Gasteiger partial charge < -0.3 is 9.51 Å². The van der Waals surface area contributed by atoms with Gasteiger partial charge in [-0.2, -0.15) is 0 Å². The van der Waals surface area contributed by atoms with E-state index < -0.39 is 0 Å². The number of pyridine rings is 1. The molecule has 0 aromatic carbocycles. The Hall–Kier alpha value is -1.10. The third kappa shape index (κ3) is 4.20. The molecule has 2 aromatic rings. The lowest BCUT2D eigenvalue weighted by Gasteiger charge is -2.20. The van der Waals surface area contributed by atoms with Crippen LogP contribution in [0, 0.1) is 0 Å². The van der Waals surface area contributed by atoms with Crippen LogP contribution in [-0.4, -0.2) is 39.1 Å². The lowest BCUT2D eigenvalue weighted by Crippen LogP contribution is -2.26. The van der Waals surface area contributed by atoms with Crippen molar-refractivity contribution < 1.29 is 5.11 Å². The maximum atomic E-state index is 8.99. The van der Waals surface area contributed by atoms with E-state index in [1.807, 2.05) is 28.9 Å². The summed E-state index contributed by atoms with van der Waals surface area (Å²) in [7, 11) is 0. The Bertz CT molecular complexity index is 533. The molecule has 0 radical (unpaired) electrons. The minimum absolute atomic E-state index is 0.239. The molecule has 0 bridgehead atoms. The normalized spacial score (nSPS) is 11.6. The number of halogens is 1. The molecule has 0 aliphatic carbocycles. The van der Waals surface area contributed by atoms with Gasteiger partial charge in [-0.1, -0.05) is 24.9 Å². The van der Waals surface area contributed by atoms with Gasteiger partial charge in [0.05, 0.1) is 10.7 Å². The van der Waals surface area contributed by atoms with Gasteiger partial charge in [0.15, 0.2) is 0 Å². The predicted molar refractivity (Wildman–Crippen MR) is 82.1 cm³/mol. The molecule has 0 atom stereocenters. The summed E-state index contributed by atoms with van der Waals surface area (Å²) in [5, 5.41) is 9.70. The first-order valence-electron chi connectivity index (χ1n) is 7.19.